The van der Waals surface area contributed by atoms with E-state index in [2.05, 4.69) is 34.6 Å². The van der Waals surface area contributed by atoms with Gasteiger partial charge in [-0.05, 0) is 64.6 Å². The summed E-state index contributed by atoms with van der Waals surface area (Å²) in [6.45, 7) is 17.2. The van der Waals surface area contributed by atoms with Crippen LogP contribution < -0.4 is 0 Å². The van der Waals surface area contributed by atoms with Gasteiger partial charge < -0.3 is 14.5 Å². The second-order valence-electron chi connectivity index (χ2n) is 9.57. The molecule has 0 radical (unpaired) electrons. The second-order valence-corrected chi connectivity index (χ2v) is 9.57. The van der Waals surface area contributed by atoms with Crippen molar-refractivity contribution in [1.82, 2.24) is 9.80 Å². The van der Waals surface area contributed by atoms with E-state index in [9.17, 15) is 4.79 Å². The van der Waals surface area contributed by atoms with Crippen LogP contribution >= 0.6 is 0 Å². The zero-order chi connectivity index (χ0) is 23.0. The molecule has 1 aliphatic heterocycles. The van der Waals surface area contributed by atoms with Gasteiger partial charge in [-0.3, -0.25) is 0 Å². The van der Waals surface area contributed by atoms with E-state index in [4.69, 9.17) is 4.74 Å². The van der Waals surface area contributed by atoms with Crippen LogP contribution in [0, 0.1) is 23.2 Å². The molecule has 1 atom stereocenters. The van der Waals surface area contributed by atoms with Crippen molar-refractivity contribution in [3.8, 4) is 0 Å². The molecule has 1 spiro atoms. The van der Waals surface area contributed by atoms with Gasteiger partial charge in [0.25, 0.3) is 0 Å². The maximum atomic E-state index is 11.3. The Hall–Kier alpha value is -0.770. The number of likely N-dealkylation sites (tertiary alicyclic amines) is 1. The van der Waals surface area contributed by atoms with E-state index in [1.54, 1.807) is 0 Å². The summed E-state index contributed by atoms with van der Waals surface area (Å²) in [6.07, 6.45) is 9.16. The number of methoxy groups -OCH3 is 1. The van der Waals surface area contributed by atoms with Crippen molar-refractivity contribution < 1.29 is 9.53 Å². The molecule has 0 N–H and O–H groups in total. The van der Waals surface area contributed by atoms with Crippen LogP contribution in [0.25, 0.3) is 0 Å². The molecule has 1 heterocycles. The first kappa shape index (κ1) is 30.4. The first-order valence-corrected chi connectivity index (χ1v) is 12.0. The van der Waals surface area contributed by atoms with Gasteiger partial charge in [0.15, 0.2) is 0 Å². The smallest absolute Gasteiger partial charge is 0.409 e. The topological polar surface area (TPSA) is 32.8 Å². The number of rotatable bonds is 4. The molecule has 1 saturated carbocycles. The number of ether oxygens (including phenoxy) is 1. The summed E-state index contributed by atoms with van der Waals surface area (Å²) >= 11 is 0. The van der Waals surface area contributed by atoms with E-state index in [1.807, 2.05) is 44.8 Å². The van der Waals surface area contributed by atoms with Crippen molar-refractivity contribution in [2.75, 3.05) is 41.3 Å². The van der Waals surface area contributed by atoms with Gasteiger partial charge in [0.2, 0.25) is 0 Å². The van der Waals surface area contributed by atoms with Gasteiger partial charge in [0, 0.05) is 18.5 Å². The highest BCUT2D eigenvalue weighted by Gasteiger charge is 2.47. The molecule has 0 aromatic carbocycles. The number of hydrogen-bond donors (Lipinski definition) is 0. The fourth-order valence-corrected chi connectivity index (χ4v) is 4.07. The van der Waals surface area contributed by atoms with Gasteiger partial charge in [-0.1, -0.05) is 67.7 Å². The Labute approximate surface area is 183 Å². The summed E-state index contributed by atoms with van der Waals surface area (Å²) in [5, 5.41) is 0. The van der Waals surface area contributed by atoms with Crippen LogP contribution in [0.4, 0.5) is 4.79 Å². The van der Waals surface area contributed by atoms with Gasteiger partial charge >= 0.3 is 6.09 Å². The van der Waals surface area contributed by atoms with E-state index < -0.39 is 0 Å². The third-order valence-electron chi connectivity index (χ3n) is 5.89. The molecule has 1 amide bonds. The summed E-state index contributed by atoms with van der Waals surface area (Å²) in [5.74, 6) is 2.68. The van der Waals surface area contributed by atoms with Crippen molar-refractivity contribution in [2.45, 2.75) is 93.4 Å². The Morgan fingerprint density at radius 3 is 1.79 bits per heavy atom. The van der Waals surface area contributed by atoms with Crippen LogP contribution in [0.15, 0.2) is 0 Å². The van der Waals surface area contributed by atoms with Crippen LogP contribution in [0.3, 0.4) is 0 Å². The van der Waals surface area contributed by atoms with Crippen molar-refractivity contribution in [1.29, 1.82) is 0 Å². The van der Waals surface area contributed by atoms with Gasteiger partial charge in [-0.25, -0.2) is 4.79 Å². The number of hydrogen-bond acceptors (Lipinski definition) is 3. The van der Waals surface area contributed by atoms with Gasteiger partial charge in [-0.2, -0.15) is 0 Å². The van der Waals surface area contributed by atoms with Crippen molar-refractivity contribution in [2.24, 2.45) is 23.2 Å². The van der Waals surface area contributed by atoms with Gasteiger partial charge in [0.05, 0.1) is 7.11 Å². The Balaban J connectivity index is 0. The number of amides is 1. The normalized spacial score (nSPS) is 18.4. The number of nitrogens with zero attached hydrogens (tertiary/aromatic N) is 2. The molecular weight excluding hydrogens is 360 g/mol. The van der Waals surface area contributed by atoms with E-state index >= 15 is 0 Å². The molecule has 1 saturated heterocycles. The lowest BCUT2D eigenvalue weighted by Gasteiger charge is -2.53. The minimum Gasteiger partial charge on any atom is -0.453 e. The van der Waals surface area contributed by atoms with Crippen LogP contribution in [0.5, 0.6) is 0 Å². The van der Waals surface area contributed by atoms with Gasteiger partial charge in [0.1, 0.15) is 0 Å². The van der Waals surface area contributed by atoms with Gasteiger partial charge in [-0.15, -0.1) is 0 Å². The van der Waals surface area contributed by atoms with Crippen LogP contribution in [-0.2, 0) is 4.74 Å². The predicted octanol–water partition coefficient (Wildman–Crippen LogP) is 6.94. The highest BCUT2D eigenvalue weighted by molar-refractivity contribution is 5.68. The molecule has 4 heteroatoms. The molecule has 29 heavy (non-hydrogen) atoms. The third kappa shape index (κ3) is 13.2. The molecule has 0 aromatic rings. The van der Waals surface area contributed by atoms with E-state index in [0.717, 1.165) is 30.8 Å². The Bertz CT molecular complexity index is 378. The van der Waals surface area contributed by atoms with Crippen LogP contribution in [0.1, 0.15) is 93.4 Å². The molecule has 2 aliphatic rings. The maximum Gasteiger partial charge on any atom is 0.409 e. The molecule has 1 aliphatic carbocycles. The molecule has 4 nitrogen and oxygen atoms in total. The average Bonchev–Trinajstić information content (AvgIpc) is 2.66. The molecular formula is C25H54N2O2. The summed E-state index contributed by atoms with van der Waals surface area (Å²) in [6, 6.07) is 0. The predicted molar refractivity (Wildman–Crippen MR) is 129 cm³/mol. The summed E-state index contributed by atoms with van der Waals surface area (Å²) in [4.78, 5) is 15.2. The first-order valence-electron chi connectivity index (χ1n) is 12.0. The second kappa shape index (κ2) is 17.0. The zero-order valence-corrected chi connectivity index (χ0v) is 21.8. The summed E-state index contributed by atoms with van der Waals surface area (Å²) < 4.78 is 4.75. The molecule has 1 unspecified atom stereocenters. The standard InChI is InChI=1S/C14H25NO2.C6H14.C3H9N.C2H6/c1-4-11(2)12-5-7-14(8-6-12)9-15(10-14)13(16)17-3;1-4-5-6(2)3;1-4(2)3;1-2/h11-12H,4-10H2,1-3H3;6H,4-5H2,1-3H3;1-3H3;1-2H3. The SMILES string of the molecule is CC.CCC(C)C1CCC2(CC1)CN(C(=O)OC)C2.CCCC(C)C.CN(C)C. The average molecular weight is 415 g/mol. The van der Waals surface area contributed by atoms with E-state index in [1.165, 1.54) is 52.1 Å². The zero-order valence-electron chi connectivity index (χ0n) is 21.8. The molecule has 0 aromatic heterocycles. The Morgan fingerprint density at radius 1 is 1.07 bits per heavy atom. The van der Waals surface area contributed by atoms with E-state index in [0.29, 0.717) is 5.41 Å². The lowest BCUT2D eigenvalue weighted by Crippen LogP contribution is -2.59. The lowest BCUT2D eigenvalue weighted by atomic mass is 9.64. The molecule has 0 bridgehead atoms. The maximum absolute atomic E-state index is 11.3. The Morgan fingerprint density at radius 2 is 1.52 bits per heavy atom. The van der Waals surface area contributed by atoms with E-state index in [-0.39, 0.29) is 6.09 Å². The minimum absolute atomic E-state index is 0.153. The molecule has 2 fully saturated rings. The van der Waals surface area contributed by atoms with Crippen molar-refractivity contribution >= 4 is 6.09 Å². The fourth-order valence-electron chi connectivity index (χ4n) is 4.07. The highest BCUT2D eigenvalue weighted by Crippen LogP contribution is 2.47. The van der Waals surface area contributed by atoms with Crippen LogP contribution in [0.2, 0.25) is 0 Å². The largest absolute Gasteiger partial charge is 0.453 e. The summed E-state index contributed by atoms with van der Waals surface area (Å²) in [7, 11) is 7.47. The number of carbonyl (C=O) groups excluding carboxylic acids is 1. The third-order valence-corrected chi connectivity index (χ3v) is 5.89. The summed E-state index contributed by atoms with van der Waals surface area (Å²) in [5.41, 5.74) is 0.443. The quantitative estimate of drug-likeness (QED) is 0.499. The monoisotopic (exact) mass is 414 g/mol. The lowest BCUT2D eigenvalue weighted by molar-refractivity contribution is -0.0344. The van der Waals surface area contributed by atoms with Crippen molar-refractivity contribution in [3.05, 3.63) is 0 Å². The number of carbonyl (C=O) groups is 1. The van der Waals surface area contributed by atoms with Crippen LogP contribution in [-0.4, -0.2) is 57.2 Å². The van der Waals surface area contributed by atoms with Crippen molar-refractivity contribution in [3.63, 3.8) is 0 Å². The fraction of sp³-hybridized carbons (Fsp3) is 0.960. The molecule has 176 valence electrons. The highest BCUT2D eigenvalue weighted by atomic mass is 16.5. The Kier molecular flexibility index (Phi) is 17.8. The first-order chi connectivity index (χ1) is 13.6. The molecule has 2 rings (SSSR count). The minimum atomic E-state index is -0.153.